The molecule has 4 N–H and O–H groups in total. The summed E-state index contributed by atoms with van der Waals surface area (Å²) in [5, 5.41) is 0. The molecule has 0 spiro atoms. The molecule has 0 fully saturated rings. The zero-order chi connectivity index (χ0) is 13.6. The molecule has 18 heavy (non-hydrogen) atoms. The van der Waals surface area contributed by atoms with Crippen LogP contribution in [0.1, 0.15) is 6.92 Å². The van der Waals surface area contributed by atoms with Crippen LogP contribution in [0.25, 0.3) is 0 Å². The Labute approximate surface area is 107 Å². The van der Waals surface area contributed by atoms with Crippen LogP contribution in [-0.2, 0) is 14.8 Å². The smallest absolute Gasteiger partial charge is 0.242 e. The highest BCUT2D eigenvalue weighted by Crippen LogP contribution is 2.10. The van der Waals surface area contributed by atoms with Crippen molar-refractivity contribution in [1.82, 2.24) is 9.71 Å². The standard InChI is InChI=1S/C10H18N4O3S/c1-8(7-17-2)5-13-18(15,16)9-3-4-10(14-11)12-6-9/h3-4,6,8,13H,5,7,11H2,1-2H3,(H,12,14). The van der Waals surface area contributed by atoms with Crippen molar-refractivity contribution < 1.29 is 13.2 Å². The van der Waals surface area contributed by atoms with E-state index in [0.717, 1.165) is 0 Å². The van der Waals surface area contributed by atoms with Gasteiger partial charge in [0.05, 0.1) is 0 Å². The summed E-state index contributed by atoms with van der Waals surface area (Å²) < 4.78 is 31.2. The number of pyridine rings is 1. The number of sulfonamides is 1. The van der Waals surface area contributed by atoms with Crippen molar-refractivity contribution in [2.75, 3.05) is 25.7 Å². The molecule has 1 unspecified atom stereocenters. The average molecular weight is 274 g/mol. The van der Waals surface area contributed by atoms with Gasteiger partial charge in [-0.15, -0.1) is 0 Å². The summed E-state index contributed by atoms with van der Waals surface area (Å²) in [6.07, 6.45) is 1.25. The first-order valence-corrected chi connectivity index (χ1v) is 6.89. The van der Waals surface area contributed by atoms with Gasteiger partial charge < -0.3 is 10.2 Å². The molecular weight excluding hydrogens is 256 g/mol. The van der Waals surface area contributed by atoms with Crippen LogP contribution >= 0.6 is 0 Å². The average Bonchev–Trinajstić information content (AvgIpc) is 2.37. The molecule has 102 valence electrons. The zero-order valence-corrected chi connectivity index (χ0v) is 11.2. The Balaban J connectivity index is 2.67. The molecule has 0 aromatic carbocycles. The molecule has 1 aromatic heterocycles. The lowest BCUT2D eigenvalue weighted by Gasteiger charge is -2.12. The maximum Gasteiger partial charge on any atom is 0.242 e. The van der Waals surface area contributed by atoms with E-state index in [0.29, 0.717) is 19.0 Å². The maximum absolute atomic E-state index is 11.9. The number of hydrazine groups is 1. The monoisotopic (exact) mass is 274 g/mol. The van der Waals surface area contributed by atoms with Crippen LogP contribution < -0.4 is 16.0 Å². The highest BCUT2D eigenvalue weighted by Gasteiger charge is 2.15. The minimum atomic E-state index is -3.54. The van der Waals surface area contributed by atoms with Gasteiger partial charge in [-0.25, -0.2) is 24.0 Å². The summed E-state index contributed by atoms with van der Waals surface area (Å²) in [7, 11) is -1.96. The number of anilines is 1. The van der Waals surface area contributed by atoms with Gasteiger partial charge in [-0.2, -0.15) is 0 Å². The van der Waals surface area contributed by atoms with Crippen molar-refractivity contribution in [3.63, 3.8) is 0 Å². The summed E-state index contributed by atoms with van der Waals surface area (Å²) in [4.78, 5) is 3.95. The molecule has 0 saturated heterocycles. The van der Waals surface area contributed by atoms with Gasteiger partial charge in [0.1, 0.15) is 10.7 Å². The Bertz CT molecular complexity index is 461. The second kappa shape index (κ2) is 6.64. The quantitative estimate of drug-likeness (QED) is 0.474. The highest BCUT2D eigenvalue weighted by atomic mass is 32.2. The van der Waals surface area contributed by atoms with Crippen molar-refractivity contribution in [1.29, 1.82) is 0 Å². The van der Waals surface area contributed by atoms with Crippen molar-refractivity contribution in [3.05, 3.63) is 18.3 Å². The fraction of sp³-hybridized carbons (Fsp3) is 0.500. The molecule has 1 heterocycles. The predicted molar refractivity (Wildman–Crippen MR) is 68.3 cm³/mol. The molecule has 0 bridgehead atoms. The van der Waals surface area contributed by atoms with E-state index < -0.39 is 10.0 Å². The van der Waals surface area contributed by atoms with Gasteiger partial charge in [0.25, 0.3) is 0 Å². The maximum atomic E-state index is 11.9. The highest BCUT2D eigenvalue weighted by molar-refractivity contribution is 7.89. The molecule has 8 heteroatoms. The zero-order valence-electron chi connectivity index (χ0n) is 10.4. The van der Waals surface area contributed by atoms with Gasteiger partial charge >= 0.3 is 0 Å². The molecule has 7 nitrogen and oxygen atoms in total. The lowest BCUT2D eigenvalue weighted by Crippen LogP contribution is -2.30. The first kappa shape index (κ1) is 14.8. The number of nitrogen functional groups attached to an aromatic ring is 1. The van der Waals surface area contributed by atoms with Gasteiger partial charge in [-0.3, -0.25) is 0 Å². The minimum absolute atomic E-state index is 0.0997. The Morgan fingerprint density at radius 2 is 2.22 bits per heavy atom. The summed E-state index contributed by atoms with van der Waals surface area (Å²) in [5.74, 6) is 5.65. The topological polar surface area (TPSA) is 106 Å². The van der Waals surface area contributed by atoms with E-state index in [-0.39, 0.29) is 10.8 Å². The van der Waals surface area contributed by atoms with E-state index in [4.69, 9.17) is 10.6 Å². The van der Waals surface area contributed by atoms with Crippen LogP contribution in [0, 0.1) is 5.92 Å². The molecule has 1 atom stereocenters. The molecule has 0 radical (unpaired) electrons. The number of nitrogens with zero attached hydrogens (tertiary/aromatic N) is 1. The van der Waals surface area contributed by atoms with Crippen LogP contribution in [0.3, 0.4) is 0 Å². The van der Waals surface area contributed by atoms with Gasteiger partial charge in [0.2, 0.25) is 10.0 Å². The third-order valence-electron chi connectivity index (χ3n) is 2.27. The number of rotatable bonds is 7. The van der Waals surface area contributed by atoms with Gasteiger partial charge in [0.15, 0.2) is 0 Å². The predicted octanol–water partition coefficient (Wildman–Crippen LogP) is -0.0720. The van der Waals surface area contributed by atoms with E-state index in [1.54, 1.807) is 7.11 Å². The number of aromatic nitrogens is 1. The van der Waals surface area contributed by atoms with Gasteiger partial charge in [-0.1, -0.05) is 6.92 Å². The number of hydrogen-bond acceptors (Lipinski definition) is 6. The van der Waals surface area contributed by atoms with Crippen molar-refractivity contribution in [2.45, 2.75) is 11.8 Å². The number of nitrogens with one attached hydrogen (secondary N) is 2. The first-order valence-electron chi connectivity index (χ1n) is 5.41. The van der Waals surface area contributed by atoms with E-state index in [1.165, 1.54) is 18.3 Å². The Morgan fingerprint density at radius 1 is 1.50 bits per heavy atom. The third kappa shape index (κ3) is 4.22. The number of ether oxygens (including phenoxy) is 1. The van der Waals surface area contributed by atoms with Crippen molar-refractivity contribution in [3.8, 4) is 0 Å². The van der Waals surface area contributed by atoms with E-state index in [9.17, 15) is 8.42 Å². The molecule has 1 aromatic rings. The van der Waals surface area contributed by atoms with Gasteiger partial charge in [-0.05, 0) is 18.1 Å². The molecule has 0 aliphatic heterocycles. The summed E-state index contributed by atoms with van der Waals surface area (Å²) >= 11 is 0. The fourth-order valence-electron chi connectivity index (χ4n) is 1.30. The van der Waals surface area contributed by atoms with Crippen LogP contribution in [-0.4, -0.2) is 33.7 Å². The van der Waals surface area contributed by atoms with Gasteiger partial charge in [0, 0.05) is 26.5 Å². The van der Waals surface area contributed by atoms with Crippen LogP contribution in [0.5, 0.6) is 0 Å². The number of methoxy groups -OCH3 is 1. The summed E-state index contributed by atoms with van der Waals surface area (Å²) in [6, 6.07) is 2.93. The summed E-state index contributed by atoms with van der Waals surface area (Å²) in [6.45, 7) is 2.70. The Kier molecular flexibility index (Phi) is 5.48. The van der Waals surface area contributed by atoms with E-state index >= 15 is 0 Å². The molecule has 0 saturated carbocycles. The van der Waals surface area contributed by atoms with Crippen LogP contribution in [0.2, 0.25) is 0 Å². The first-order chi connectivity index (χ1) is 8.49. The fourth-order valence-corrected chi connectivity index (χ4v) is 2.41. The van der Waals surface area contributed by atoms with Crippen LogP contribution in [0.4, 0.5) is 5.82 Å². The molecule has 0 aliphatic rings. The lowest BCUT2D eigenvalue weighted by molar-refractivity contribution is 0.161. The Morgan fingerprint density at radius 3 is 2.72 bits per heavy atom. The third-order valence-corrected chi connectivity index (χ3v) is 3.68. The van der Waals surface area contributed by atoms with E-state index in [2.05, 4.69) is 15.1 Å². The lowest BCUT2D eigenvalue weighted by atomic mass is 10.2. The molecule has 0 aliphatic carbocycles. The van der Waals surface area contributed by atoms with E-state index in [1.807, 2.05) is 6.92 Å². The molecular formula is C10H18N4O3S. The SMILES string of the molecule is COCC(C)CNS(=O)(=O)c1ccc(NN)nc1. The second-order valence-corrected chi connectivity index (χ2v) is 5.70. The largest absolute Gasteiger partial charge is 0.384 e. The Hall–Kier alpha value is -1.22. The van der Waals surface area contributed by atoms with Crippen molar-refractivity contribution in [2.24, 2.45) is 11.8 Å². The second-order valence-electron chi connectivity index (χ2n) is 3.94. The summed E-state index contributed by atoms with van der Waals surface area (Å²) in [5.41, 5.74) is 2.33. The number of hydrogen-bond donors (Lipinski definition) is 3. The molecule has 0 amide bonds. The minimum Gasteiger partial charge on any atom is -0.384 e. The van der Waals surface area contributed by atoms with Crippen LogP contribution in [0.15, 0.2) is 23.2 Å². The number of nitrogens with two attached hydrogens (primary N) is 1. The normalized spacial score (nSPS) is 13.3. The van der Waals surface area contributed by atoms with Crippen molar-refractivity contribution >= 4 is 15.8 Å². The molecule has 1 rings (SSSR count).